The molecule has 20 heavy (non-hydrogen) atoms. The largest absolute Gasteiger partial charge is 0.316 e. The van der Waals surface area contributed by atoms with E-state index in [0.717, 1.165) is 23.8 Å². The molecule has 3 unspecified atom stereocenters. The highest BCUT2D eigenvalue weighted by atomic mass is 15.0. The molecule has 1 aromatic carbocycles. The van der Waals surface area contributed by atoms with Gasteiger partial charge in [-0.1, -0.05) is 24.3 Å². The molecule has 0 radical (unpaired) electrons. The minimum atomic E-state index is 0.859. The number of aryl methyl sites for hydroxylation is 1. The maximum absolute atomic E-state index is 3.69. The lowest BCUT2D eigenvalue weighted by atomic mass is 9.92. The molecule has 0 heterocycles. The number of hydrogen-bond acceptors (Lipinski definition) is 2. The molecule has 0 saturated heterocycles. The van der Waals surface area contributed by atoms with Crippen LogP contribution in [-0.4, -0.2) is 25.7 Å². The Kier molecular flexibility index (Phi) is 3.53. The third-order valence-electron chi connectivity index (χ3n) is 5.41. The molecule has 108 valence electrons. The lowest BCUT2D eigenvalue weighted by molar-refractivity contribution is 0.551. The summed E-state index contributed by atoms with van der Waals surface area (Å²) in [7, 11) is 0. The minimum absolute atomic E-state index is 0.859. The number of fused-ring (bicyclic) bond motifs is 3. The van der Waals surface area contributed by atoms with E-state index in [9.17, 15) is 0 Å². The van der Waals surface area contributed by atoms with Crippen molar-refractivity contribution in [2.75, 3.05) is 19.6 Å². The summed E-state index contributed by atoms with van der Waals surface area (Å²) in [6.07, 6.45) is 6.79. The maximum atomic E-state index is 3.69. The molecule has 2 fully saturated rings. The molecule has 2 nitrogen and oxygen atoms in total. The van der Waals surface area contributed by atoms with E-state index >= 15 is 0 Å². The second-order valence-corrected chi connectivity index (χ2v) is 6.88. The molecule has 0 bridgehead atoms. The van der Waals surface area contributed by atoms with E-state index in [-0.39, 0.29) is 0 Å². The molecule has 0 spiro atoms. The van der Waals surface area contributed by atoms with Crippen molar-refractivity contribution in [3.05, 3.63) is 35.4 Å². The Bertz CT molecular complexity index is 466. The Labute approximate surface area is 122 Å². The Balaban J connectivity index is 1.20. The molecule has 2 N–H and O–H groups in total. The fraction of sp³-hybridized carbons (Fsp3) is 0.667. The van der Waals surface area contributed by atoms with Gasteiger partial charge in [-0.2, -0.15) is 0 Å². The van der Waals surface area contributed by atoms with Crippen molar-refractivity contribution in [3.63, 3.8) is 0 Å². The van der Waals surface area contributed by atoms with Crippen molar-refractivity contribution in [1.82, 2.24) is 10.6 Å². The van der Waals surface area contributed by atoms with Gasteiger partial charge in [-0.25, -0.2) is 0 Å². The van der Waals surface area contributed by atoms with Crippen LogP contribution in [0.1, 0.15) is 42.7 Å². The first-order chi connectivity index (χ1) is 9.93. The van der Waals surface area contributed by atoms with Gasteiger partial charge in [-0.05, 0) is 80.6 Å². The van der Waals surface area contributed by atoms with Crippen LogP contribution in [0.2, 0.25) is 0 Å². The van der Waals surface area contributed by atoms with Gasteiger partial charge in [-0.15, -0.1) is 0 Å². The van der Waals surface area contributed by atoms with Gasteiger partial charge in [0.2, 0.25) is 0 Å². The summed E-state index contributed by atoms with van der Waals surface area (Å²) in [5.74, 6) is 2.76. The van der Waals surface area contributed by atoms with Gasteiger partial charge in [-0.3, -0.25) is 0 Å². The first-order valence-corrected chi connectivity index (χ1v) is 8.45. The minimum Gasteiger partial charge on any atom is -0.316 e. The molecule has 2 heteroatoms. The normalized spacial score (nSPS) is 30.7. The highest BCUT2D eigenvalue weighted by Gasteiger charge is 2.52. The van der Waals surface area contributed by atoms with Gasteiger partial charge in [0, 0.05) is 6.04 Å². The van der Waals surface area contributed by atoms with Crippen LogP contribution in [-0.2, 0) is 6.42 Å². The van der Waals surface area contributed by atoms with Gasteiger partial charge in [0.25, 0.3) is 0 Å². The zero-order valence-electron chi connectivity index (χ0n) is 12.3. The van der Waals surface area contributed by atoms with Crippen molar-refractivity contribution >= 4 is 0 Å². The lowest BCUT2D eigenvalue weighted by Gasteiger charge is -2.13. The quantitative estimate of drug-likeness (QED) is 0.744. The molecular formula is C18H26N2. The van der Waals surface area contributed by atoms with E-state index < -0.39 is 0 Å². The van der Waals surface area contributed by atoms with Crippen LogP contribution in [0.15, 0.2) is 24.3 Å². The third-order valence-corrected chi connectivity index (χ3v) is 5.41. The molecule has 1 aromatic rings. The van der Waals surface area contributed by atoms with E-state index in [1.54, 1.807) is 11.1 Å². The predicted molar refractivity (Wildman–Crippen MR) is 83.0 cm³/mol. The zero-order chi connectivity index (χ0) is 13.4. The van der Waals surface area contributed by atoms with Crippen molar-refractivity contribution in [2.24, 2.45) is 11.8 Å². The Morgan fingerprint density at radius 1 is 1.05 bits per heavy atom. The van der Waals surface area contributed by atoms with Crippen LogP contribution in [0.5, 0.6) is 0 Å². The molecular weight excluding hydrogens is 244 g/mol. The summed E-state index contributed by atoms with van der Waals surface area (Å²) in [5.41, 5.74) is 3.27. The maximum Gasteiger partial charge on any atom is 0.00682 e. The van der Waals surface area contributed by atoms with Gasteiger partial charge < -0.3 is 10.6 Å². The van der Waals surface area contributed by atoms with Crippen LogP contribution in [0.3, 0.4) is 0 Å². The molecule has 0 aromatic heterocycles. The van der Waals surface area contributed by atoms with Crippen LogP contribution in [0.4, 0.5) is 0 Å². The van der Waals surface area contributed by atoms with E-state index in [1.165, 1.54) is 51.7 Å². The van der Waals surface area contributed by atoms with Gasteiger partial charge in [0.1, 0.15) is 0 Å². The second kappa shape index (κ2) is 5.50. The number of nitrogens with one attached hydrogen (secondary N) is 2. The molecule has 3 aliphatic rings. The van der Waals surface area contributed by atoms with Crippen molar-refractivity contribution in [3.8, 4) is 0 Å². The number of hydrogen-bond donors (Lipinski definition) is 2. The summed E-state index contributed by atoms with van der Waals surface area (Å²) in [6, 6.07) is 9.97. The van der Waals surface area contributed by atoms with Crippen molar-refractivity contribution < 1.29 is 0 Å². The predicted octanol–water partition coefficient (Wildman–Crippen LogP) is 2.69. The highest BCUT2D eigenvalue weighted by Crippen LogP contribution is 2.59. The highest BCUT2D eigenvalue weighted by molar-refractivity contribution is 5.39. The van der Waals surface area contributed by atoms with E-state index in [0.29, 0.717) is 0 Å². The number of rotatable bonds is 7. The Morgan fingerprint density at radius 3 is 2.85 bits per heavy atom. The summed E-state index contributed by atoms with van der Waals surface area (Å²) >= 11 is 0. The molecule has 3 aliphatic carbocycles. The molecule has 0 amide bonds. The molecule has 2 saturated carbocycles. The average molecular weight is 270 g/mol. The van der Waals surface area contributed by atoms with Crippen LogP contribution >= 0.6 is 0 Å². The molecule has 4 rings (SSSR count). The summed E-state index contributed by atoms with van der Waals surface area (Å²) < 4.78 is 0. The van der Waals surface area contributed by atoms with E-state index in [1.807, 2.05) is 0 Å². The van der Waals surface area contributed by atoms with E-state index in [2.05, 4.69) is 34.9 Å². The molecule has 0 aliphatic heterocycles. The first kappa shape index (κ1) is 12.8. The fourth-order valence-corrected chi connectivity index (χ4v) is 4.06. The smallest absolute Gasteiger partial charge is 0.00682 e. The van der Waals surface area contributed by atoms with Gasteiger partial charge in [0.05, 0.1) is 0 Å². The van der Waals surface area contributed by atoms with Crippen LogP contribution in [0.25, 0.3) is 0 Å². The van der Waals surface area contributed by atoms with Gasteiger partial charge >= 0.3 is 0 Å². The van der Waals surface area contributed by atoms with E-state index in [4.69, 9.17) is 0 Å². The van der Waals surface area contributed by atoms with Crippen molar-refractivity contribution in [1.29, 1.82) is 0 Å². The summed E-state index contributed by atoms with van der Waals surface area (Å²) in [5, 5.41) is 7.27. The lowest BCUT2D eigenvalue weighted by Crippen LogP contribution is -2.24. The zero-order valence-corrected chi connectivity index (χ0v) is 12.3. The van der Waals surface area contributed by atoms with Crippen LogP contribution in [0, 0.1) is 11.8 Å². The monoisotopic (exact) mass is 270 g/mol. The topological polar surface area (TPSA) is 24.1 Å². The SMILES string of the molecule is c1ccc2c(c1)CCC1C(CNCCCNC3CC3)C21. The third kappa shape index (κ3) is 2.64. The average Bonchev–Trinajstić information content (AvgIpc) is 3.38. The number of benzene rings is 1. The Hall–Kier alpha value is -0.860. The Morgan fingerprint density at radius 2 is 1.95 bits per heavy atom. The van der Waals surface area contributed by atoms with Gasteiger partial charge in [0.15, 0.2) is 0 Å². The standard InChI is InChI=1S/C18H26N2/c1-2-5-15-13(4-1)6-9-16-17(18(15)16)12-19-10-3-11-20-14-7-8-14/h1-2,4-5,14,16-20H,3,6-12H2. The molecule has 3 atom stereocenters. The first-order valence-electron chi connectivity index (χ1n) is 8.45. The second-order valence-electron chi connectivity index (χ2n) is 6.88. The van der Waals surface area contributed by atoms with Crippen molar-refractivity contribution in [2.45, 2.75) is 44.1 Å². The van der Waals surface area contributed by atoms with Crippen LogP contribution < -0.4 is 10.6 Å². The summed E-state index contributed by atoms with van der Waals surface area (Å²) in [4.78, 5) is 0. The summed E-state index contributed by atoms with van der Waals surface area (Å²) in [6.45, 7) is 3.60. The fourth-order valence-electron chi connectivity index (χ4n) is 4.06.